The predicted molar refractivity (Wildman–Crippen MR) is 86.2 cm³/mol. The van der Waals surface area contributed by atoms with Gasteiger partial charge >= 0.3 is 0 Å². The van der Waals surface area contributed by atoms with Gasteiger partial charge in [0.25, 0.3) is 5.91 Å². The Morgan fingerprint density at radius 2 is 2.05 bits per heavy atom. The fourth-order valence-electron chi connectivity index (χ4n) is 3.01. The molecule has 1 amide bonds. The zero-order valence-electron chi connectivity index (χ0n) is 13.4. The average Bonchev–Trinajstić information content (AvgIpc) is 2.88. The van der Waals surface area contributed by atoms with Crippen molar-refractivity contribution in [3.8, 4) is 0 Å². The number of hydrogen-bond donors (Lipinski definition) is 1. The lowest BCUT2D eigenvalue weighted by Gasteiger charge is -2.27. The third-order valence-corrected chi connectivity index (χ3v) is 4.49. The van der Waals surface area contributed by atoms with Crippen molar-refractivity contribution in [2.75, 3.05) is 6.54 Å². The van der Waals surface area contributed by atoms with Gasteiger partial charge < -0.3 is 14.5 Å². The van der Waals surface area contributed by atoms with E-state index in [4.69, 9.17) is 9.15 Å². The molecule has 118 valence electrons. The van der Waals surface area contributed by atoms with Gasteiger partial charge in [0.1, 0.15) is 11.8 Å². The lowest BCUT2D eigenvalue weighted by atomic mass is 10.0. The van der Waals surface area contributed by atoms with E-state index in [0.29, 0.717) is 12.1 Å². The second-order valence-electron chi connectivity index (χ2n) is 6.29. The van der Waals surface area contributed by atoms with Crippen LogP contribution in [-0.2, 0) is 4.74 Å². The number of hydrogen-bond acceptors (Lipinski definition) is 3. The molecule has 0 radical (unpaired) electrons. The summed E-state index contributed by atoms with van der Waals surface area (Å²) in [5.74, 6) is -0.0937. The molecular weight excluding hydrogens is 278 g/mol. The van der Waals surface area contributed by atoms with Gasteiger partial charge in [-0.3, -0.25) is 4.79 Å². The Bertz CT molecular complexity index is 689. The van der Waals surface area contributed by atoms with E-state index in [1.807, 2.05) is 26.0 Å². The number of rotatable bonds is 3. The number of ether oxygens (including phenoxy) is 1. The maximum atomic E-state index is 12.4. The molecule has 2 aromatic rings. The highest BCUT2D eigenvalue weighted by molar-refractivity contribution is 6.06. The Kier molecular flexibility index (Phi) is 4.21. The Hall–Kier alpha value is -1.81. The highest BCUT2D eigenvalue weighted by Gasteiger charge is 2.21. The van der Waals surface area contributed by atoms with Crippen LogP contribution in [0, 0.1) is 13.8 Å². The van der Waals surface area contributed by atoms with Crippen molar-refractivity contribution >= 4 is 16.9 Å². The van der Waals surface area contributed by atoms with Crippen LogP contribution in [0.3, 0.4) is 0 Å². The number of fused-ring (bicyclic) bond motifs is 1. The van der Waals surface area contributed by atoms with Crippen LogP contribution in [0.2, 0.25) is 0 Å². The van der Waals surface area contributed by atoms with Gasteiger partial charge in [0.2, 0.25) is 0 Å². The summed E-state index contributed by atoms with van der Waals surface area (Å²) in [4.78, 5) is 12.4. The fraction of sp³-hybridized carbons (Fsp3) is 0.500. The number of furan rings is 1. The van der Waals surface area contributed by atoms with Crippen LogP contribution in [0.5, 0.6) is 0 Å². The lowest BCUT2D eigenvalue weighted by Crippen LogP contribution is -2.37. The molecule has 4 heteroatoms. The quantitative estimate of drug-likeness (QED) is 0.939. The SMILES string of the molecule is Cc1cc2occ(C(=O)NCC3CCCC(C)O3)c2cc1C. The van der Waals surface area contributed by atoms with E-state index in [2.05, 4.69) is 12.2 Å². The molecule has 2 unspecified atom stereocenters. The van der Waals surface area contributed by atoms with Crippen LogP contribution in [0.4, 0.5) is 0 Å². The van der Waals surface area contributed by atoms with Crippen LogP contribution in [-0.4, -0.2) is 24.7 Å². The van der Waals surface area contributed by atoms with Crippen LogP contribution in [0.1, 0.15) is 47.7 Å². The van der Waals surface area contributed by atoms with E-state index < -0.39 is 0 Å². The van der Waals surface area contributed by atoms with Gasteiger partial charge in [0, 0.05) is 11.9 Å². The van der Waals surface area contributed by atoms with E-state index in [0.717, 1.165) is 35.8 Å². The number of carbonyl (C=O) groups is 1. The lowest BCUT2D eigenvalue weighted by molar-refractivity contribution is -0.0374. The molecule has 2 atom stereocenters. The molecule has 0 aliphatic carbocycles. The summed E-state index contributed by atoms with van der Waals surface area (Å²) >= 11 is 0. The van der Waals surface area contributed by atoms with Crippen LogP contribution in [0.25, 0.3) is 11.0 Å². The molecule has 1 aliphatic heterocycles. The number of aryl methyl sites for hydroxylation is 2. The molecule has 1 aromatic heterocycles. The first-order valence-electron chi connectivity index (χ1n) is 7.96. The molecule has 0 bridgehead atoms. The first-order valence-corrected chi connectivity index (χ1v) is 7.96. The Balaban J connectivity index is 1.71. The van der Waals surface area contributed by atoms with Crippen molar-refractivity contribution in [1.82, 2.24) is 5.32 Å². The Labute approximate surface area is 130 Å². The van der Waals surface area contributed by atoms with Crippen molar-refractivity contribution in [3.63, 3.8) is 0 Å². The molecular formula is C18H23NO3. The van der Waals surface area contributed by atoms with Gasteiger partial charge in [-0.2, -0.15) is 0 Å². The zero-order valence-corrected chi connectivity index (χ0v) is 13.4. The summed E-state index contributed by atoms with van der Waals surface area (Å²) < 4.78 is 11.4. The van der Waals surface area contributed by atoms with E-state index in [9.17, 15) is 4.79 Å². The van der Waals surface area contributed by atoms with Crippen molar-refractivity contribution in [2.45, 2.75) is 52.2 Å². The van der Waals surface area contributed by atoms with Gasteiger partial charge in [-0.25, -0.2) is 0 Å². The molecule has 1 fully saturated rings. The molecule has 1 saturated heterocycles. The first kappa shape index (κ1) is 15.1. The van der Waals surface area contributed by atoms with Crippen LogP contribution in [0.15, 0.2) is 22.8 Å². The summed E-state index contributed by atoms with van der Waals surface area (Å²) in [7, 11) is 0. The topological polar surface area (TPSA) is 51.5 Å². The first-order chi connectivity index (χ1) is 10.5. The van der Waals surface area contributed by atoms with Gasteiger partial charge in [0.05, 0.1) is 17.8 Å². The predicted octanol–water partition coefficient (Wildman–Crippen LogP) is 3.74. The van der Waals surface area contributed by atoms with Gasteiger partial charge in [-0.15, -0.1) is 0 Å². The number of nitrogens with one attached hydrogen (secondary N) is 1. The summed E-state index contributed by atoms with van der Waals surface area (Å²) in [6.07, 6.45) is 5.23. The molecule has 1 N–H and O–H groups in total. The van der Waals surface area contributed by atoms with E-state index in [1.54, 1.807) is 6.26 Å². The maximum Gasteiger partial charge on any atom is 0.255 e. The number of carbonyl (C=O) groups excluding carboxylic acids is 1. The van der Waals surface area contributed by atoms with E-state index in [1.165, 1.54) is 5.56 Å². The number of benzene rings is 1. The average molecular weight is 301 g/mol. The van der Waals surface area contributed by atoms with Gasteiger partial charge in [-0.05, 0) is 63.3 Å². The fourth-order valence-corrected chi connectivity index (χ4v) is 3.01. The summed E-state index contributed by atoms with van der Waals surface area (Å²) in [6.45, 7) is 6.72. The molecule has 0 spiro atoms. The monoisotopic (exact) mass is 301 g/mol. The summed E-state index contributed by atoms with van der Waals surface area (Å²) in [5, 5.41) is 3.85. The van der Waals surface area contributed by atoms with Crippen molar-refractivity contribution in [2.24, 2.45) is 0 Å². The molecule has 2 heterocycles. The maximum absolute atomic E-state index is 12.4. The minimum Gasteiger partial charge on any atom is -0.463 e. The molecule has 3 rings (SSSR count). The van der Waals surface area contributed by atoms with Crippen LogP contribution >= 0.6 is 0 Å². The molecule has 22 heavy (non-hydrogen) atoms. The van der Waals surface area contributed by atoms with Gasteiger partial charge in [-0.1, -0.05) is 0 Å². The van der Waals surface area contributed by atoms with E-state index >= 15 is 0 Å². The second kappa shape index (κ2) is 6.13. The third-order valence-electron chi connectivity index (χ3n) is 4.49. The van der Waals surface area contributed by atoms with Gasteiger partial charge in [0.15, 0.2) is 0 Å². The van der Waals surface area contributed by atoms with Crippen LogP contribution < -0.4 is 5.32 Å². The Morgan fingerprint density at radius 1 is 1.27 bits per heavy atom. The zero-order chi connectivity index (χ0) is 15.7. The van der Waals surface area contributed by atoms with Crippen molar-refractivity contribution in [1.29, 1.82) is 0 Å². The molecule has 4 nitrogen and oxygen atoms in total. The Morgan fingerprint density at radius 3 is 2.82 bits per heavy atom. The minimum absolute atomic E-state index is 0.0937. The normalized spacial score (nSPS) is 22.0. The highest BCUT2D eigenvalue weighted by atomic mass is 16.5. The second-order valence-corrected chi connectivity index (χ2v) is 6.29. The number of amides is 1. The van der Waals surface area contributed by atoms with Crippen molar-refractivity contribution < 1.29 is 13.9 Å². The van der Waals surface area contributed by atoms with Crippen molar-refractivity contribution in [3.05, 3.63) is 35.1 Å². The summed E-state index contributed by atoms with van der Waals surface area (Å²) in [6, 6.07) is 4.00. The van der Waals surface area contributed by atoms with E-state index in [-0.39, 0.29) is 18.1 Å². The molecule has 1 aromatic carbocycles. The standard InChI is InChI=1S/C18H23NO3/c1-11-7-15-16(10-21-17(15)8-12(11)2)18(20)19-9-14-6-4-5-13(3)22-14/h7-8,10,13-14H,4-6,9H2,1-3H3,(H,19,20). The highest BCUT2D eigenvalue weighted by Crippen LogP contribution is 2.25. The third kappa shape index (κ3) is 3.02. The summed E-state index contributed by atoms with van der Waals surface area (Å²) in [5.41, 5.74) is 3.68. The largest absolute Gasteiger partial charge is 0.463 e. The molecule has 0 saturated carbocycles. The smallest absolute Gasteiger partial charge is 0.255 e. The molecule has 1 aliphatic rings. The minimum atomic E-state index is -0.0937.